The van der Waals surface area contributed by atoms with Gasteiger partial charge in [-0.1, -0.05) is 11.6 Å². The van der Waals surface area contributed by atoms with Crippen LogP contribution in [-0.4, -0.2) is 46.7 Å². The number of carbonyl (C=O) groups is 1. The molecule has 2 aromatic heterocycles. The maximum absolute atomic E-state index is 12.8. The molecule has 0 atom stereocenters. The molecule has 2 N–H and O–H groups in total. The number of benzene rings is 1. The van der Waals surface area contributed by atoms with Crippen LogP contribution < -0.4 is 10.9 Å². The Morgan fingerprint density at radius 3 is 2.70 bits per heavy atom. The van der Waals surface area contributed by atoms with E-state index in [0.717, 1.165) is 0 Å². The number of hydrogen-bond acceptors (Lipinski definition) is 6. The van der Waals surface area contributed by atoms with E-state index < -0.39 is 10.0 Å². The number of carbonyl (C=O) groups excluding carboxylic acids is 1. The van der Waals surface area contributed by atoms with Crippen LogP contribution in [0.5, 0.6) is 0 Å². The van der Waals surface area contributed by atoms with Crippen molar-refractivity contribution in [1.82, 2.24) is 19.3 Å². The molecule has 11 heteroatoms. The number of amides is 1. The number of aromatic amines is 1. The van der Waals surface area contributed by atoms with E-state index in [1.165, 1.54) is 29.0 Å². The second-order valence-corrected chi connectivity index (χ2v) is 9.19. The van der Waals surface area contributed by atoms with Crippen LogP contribution in [0.2, 0.25) is 5.15 Å². The Labute approximate surface area is 177 Å². The average molecular weight is 448 g/mol. The number of H-pyrrole nitrogens is 1. The average Bonchev–Trinajstić information content (AvgIpc) is 2.74. The van der Waals surface area contributed by atoms with Gasteiger partial charge < -0.3 is 10.3 Å². The first-order chi connectivity index (χ1) is 14.4. The minimum atomic E-state index is -3.77. The molecule has 0 saturated carbocycles. The normalized spacial score (nSPS) is 15.9. The summed E-state index contributed by atoms with van der Waals surface area (Å²) < 4.78 is 26.9. The number of fused-ring (bicyclic) bond motifs is 1. The van der Waals surface area contributed by atoms with Gasteiger partial charge in [-0.2, -0.15) is 4.31 Å². The minimum absolute atomic E-state index is 0.0374. The summed E-state index contributed by atoms with van der Waals surface area (Å²) in [6.45, 7) is 0.403. The third kappa shape index (κ3) is 3.93. The zero-order chi connectivity index (χ0) is 21.3. The zero-order valence-corrected chi connectivity index (χ0v) is 17.3. The van der Waals surface area contributed by atoms with E-state index in [4.69, 9.17) is 11.6 Å². The van der Waals surface area contributed by atoms with Gasteiger partial charge in [0.15, 0.2) is 0 Å². The summed E-state index contributed by atoms with van der Waals surface area (Å²) in [4.78, 5) is 34.9. The quantitative estimate of drug-likeness (QED) is 0.589. The van der Waals surface area contributed by atoms with Crippen molar-refractivity contribution >= 4 is 44.1 Å². The molecule has 0 spiro atoms. The molecule has 0 aliphatic carbocycles. The Morgan fingerprint density at radius 1 is 1.20 bits per heavy atom. The van der Waals surface area contributed by atoms with Gasteiger partial charge in [-0.15, -0.1) is 0 Å². The van der Waals surface area contributed by atoms with Crippen LogP contribution in [0.25, 0.3) is 10.9 Å². The molecule has 1 fully saturated rings. The molecular weight excluding hydrogens is 430 g/mol. The largest absolute Gasteiger partial charge is 0.326 e. The van der Waals surface area contributed by atoms with Crippen molar-refractivity contribution in [2.24, 2.45) is 5.92 Å². The molecular formula is C19H18ClN5O4S. The molecule has 1 aliphatic heterocycles. The van der Waals surface area contributed by atoms with Crippen LogP contribution in [0.4, 0.5) is 5.69 Å². The molecule has 1 aliphatic rings. The standard InChI is InChI=1S/C19H18ClN5O4S/c20-17-16(2-1-7-21-17)30(28,29)25-8-5-12(6-9-25)18(26)24-13-3-4-15-14(10-13)19(27)23-11-22-15/h1-4,7,10-12H,5-6,8-9H2,(H,24,26)(H,22,23,27). The maximum Gasteiger partial charge on any atom is 0.258 e. The second kappa shape index (κ2) is 8.13. The lowest BCUT2D eigenvalue weighted by Gasteiger charge is -2.30. The molecule has 0 bridgehead atoms. The van der Waals surface area contributed by atoms with Crippen LogP contribution in [0, 0.1) is 5.92 Å². The minimum Gasteiger partial charge on any atom is -0.326 e. The molecule has 4 rings (SSSR count). The fourth-order valence-corrected chi connectivity index (χ4v) is 5.35. The number of anilines is 1. The highest BCUT2D eigenvalue weighted by Gasteiger charge is 2.33. The van der Waals surface area contributed by atoms with Crippen molar-refractivity contribution in [2.45, 2.75) is 17.7 Å². The smallest absolute Gasteiger partial charge is 0.258 e. The van der Waals surface area contributed by atoms with E-state index in [1.807, 2.05) is 0 Å². The number of piperidine rings is 1. The molecule has 1 aromatic carbocycles. The number of pyridine rings is 1. The first kappa shape index (κ1) is 20.5. The van der Waals surface area contributed by atoms with Gasteiger partial charge in [0.05, 0.1) is 17.2 Å². The summed E-state index contributed by atoms with van der Waals surface area (Å²) >= 11 is 5.94. The van der Waals surface area contributed by atoms with Crippen molar-refractivity contribution < 1.29 is 13.2 Å². The predicted molar refractivity (Wildman–Crippen MR) is 112 cm³/mol. The van der Waals surface area contributed by atoms with Gasteiger partial charge in [-0.05, 0) is 43.2 Å². The van der Waals surface area contributed by atoms with Crippen LogP contribution in [0.15, 0.2) is 52.5 Å². The number of nitrogens with one attached hydrogen (secondary N) is 2. The van der Waals surface area contributed by atoms with Gasteiger partial charge in [0.2, 0.25) is 15.9 Å². The molecule has 9 nitrogen and oxygen atoms in total. The van der Waals surface area contributed by atoms with E-state index in [9.17, 15) is 18.0 Å². The van der Waals surface area contributed by atoms with Crippen molar-refractivity contribution in [3.05, 3.63) is 58.4 Å². The molecule has 0 radical (unpaired) electrons. The monoisotopic (exact) mass is 447 g/mol. The molecule has 0 unspecified atom stereocenters. The number of halogens is 1. The summed E-state index contributed by atoms with van der Waals surface area (Å²) in [6, 6.07) is 7.84. The highest BCUT2D eigenvalue weighted by molar-refractivity contribution is 7.89. The highest BCUT2D eigenvalue weighted by Crippen LogP contribution is 2.27. The topological polar surface area (TPSA) is 125 Å². The third-order valence-electron chi connectivity index (χ3n) is 5.08. The summed E-state index contributed by atoms with van der Waals surface area (Å²) in [7, 11) is -3.77. The maximum atomic E-state index is 12.8. The second-order valence-electron chi connectivity index (χ2n) is 6.92. The highest BCUT2D eigenvalue weighted by atomic mass is 35.5. The number of aromatic nitrogens is 3. The van der Waals surface area contributed by atoms with Crippen molar-refractivity contribution in [3.8, 4) is 0 Å². The number of hydrogen-bond donors (Lipinski definition) is 2. The van der Waals surface area contributed by atoms with Crippen molar-refractivity contribution in [2.75, 3.05) is 18.4 Å². The number of rotatable bonds is 4. The van der Waals surface area contributed by atoms with Gasteiger partial charge >= 0.3 is 0 Å². The summed E-state index contributed by atoms with van der Waals surface area (Å²) in [5.74, 6) is -0.560. The molecule has 1 amide bonds. The fraction of sp³-hybridized carbons (Fsp3) is 0.263. The van der Waals surface area contributed by atoms with E-state index in [0.29, 0.717) is 29.4 Å². The first-order valence-corrected chi connectivity index (χ1v) is 11.1. The van der Waals surface area contributed by atoms with Crippen LogP contribution in [-0.2, 0) is 14.8 Å². The zero-order valence-electron chi connectivity index (χ0n) is 15.7. The van der Waals surface area contributed by atoms with E-state index in [1.54, 1.807) is 18.2 Å². The molecule has 1 saturated heterocycles. The Kier molecular flexibility index (Phi) is 5.54. The van der Waals surface area contributed by atoms with E-state index in [-0.39, 0.29) is 40.5 Å². The number of sulfonamides is 1. The number of nitrogens with zero attached hydrogens (tertiary/aromatic N) is 3. The summed E-state index contributed by atoms with van der Waals surface area (Å²) in [6.07, 6.45) is 3.50. The van der Waals surface area contributed by atoms with Gasteiger partial charge in [-0.3, -0.25) is 9.59 Å². The van der Waals surface area contributed by atoms with E-state index >= 15 is 0 Å². The Balaban J connectivity index is 1.43. The predicted octanol–water partition coefficient (Wildman–Crippen LogP) is 2.01. The van der Waals surface area contributed by atoms with Gasteiger partial charge in [-0.25, -0.2) is 18.4 Å². The lowest BCUT2D eigenvalue weighted by Crippen LogP contribution is -2.41. The Hall–Kier alpha value is -2.82. The van der Waals surface area contributed by atoms with Gasteiger partial charge in [0.1, 0.15) is 10.0 Å². The Bertz CT molecular complexity index is 1270. The van der Waals surface area contributed by atoms with E-state index in [2.05, 4.69) is 20.3 Å². The lowest BCUT2D eigenvalue weighted by molar-refractivity contribution is -0.120. The van der Waals surface area contributed by atoms with Crippen LogP contribution in [0.3, 0.4) is 0 Å². The van der Waals surface area contributed by atoms with Crippen LogP contribution in [0.1, 0.15) is 12.8 Å². The lowest BCUT2D eigenvalue weighted by atomic mass is 9.97. The molecule has 30 heavy (non-hydrogen) atoms. The third-order valence-corrected chi connectivity index (χ3v) is 7.42. The van der Waals surface area contributed by atoms with Gasteiger partial charge in [0, 0.05) is 30.9 Å². The van der Waals surface area contributed by atoms with Crippen LogP contribution >= 0.6 is 11.6 Å². The van der Waals surface area contributed by atoms with Crippen molar-refractivity contribution in [3.63, 3.8) is 0 Å². The fourth-order valence-electron chi connectivity index (χ4n) is 3.45. The molecule has 3 aromatic rings. The molecule has 156 valence electrons. The Morgan fingerprint density at radius 2 is 1.97 bits per heavy atom. The molecule has 3 heterocycles. The van der Waals surface area contributed by atoms with Crippen molar-refractivity contribution in [1.29, 1.82) is 0 Å². The summed E-state index contributed by atoms with van der Waals surface area (Å²) in [5.41, 5.74) is 0.733. The summed E-state index contributed by atoms with van der Waals surface area (Å²) in [5, 5.41) is 3.11. The SMILES string of the molecule is O=C(Nc1ccc2nc[nH]c(=O)c2c1)C1CCN(S(=O)(=O)c2cccnc2Cl)CC1. The first-order valence-electron chi connectivity index (χ1n) is 9.25. The van der Waals surface area contributed by atoms with Gasteiger partial charge in [0.25, 0.3) is 5.56 Å².